The van der Waals surface area contributed by atoms with Crippen LogP contribution in [0.25, 0.3) is 44.2 Å². The second-order valence-electron chi connectivity index (χ2n) is 13.2. The molecule has 12 nitrogen and oxygen atoms in total. The highest BCUT2D eigenvalue weighted by Crippen LogP contribution is 2.35. The zero-order valence-corrected chi connectivity index (χ0v) is 29.9. The molecule has 0 bridgehead atoms. The summed E-state index contributed by atoms with van der Waals surface area (Å²) in [5.41, 5.74) is 4.04. The van der Waals surface area contributed by atoms with Crippen LogP contribution >= 0.6 is 0 Å². The van der Waals surface area contributed by atoms with Crippen LogP contribution in [0.5, 0.6) is 46.0 Å². The summed E-state index contributed by atoms with van der Waals surface area (Å²) in [5.74, 6) is 1.33. The number of phenols is 7. The molecule has 0 unspecified atom stereocenters. The van der Waals surface area contributed by atoms with Gasteiger partial charge in [-0.1, -0.05) is 42.5 Å². The van der Waals surface area contributed by atoms with E-state index in [2.05, 4.69) is 0 Å². The standard InChI is InChI=1S/C15H10O5.C15H10O4.C15H14O3/c16-9-3-1-8(2-4-9)11-7-20-13-6-10(17)5-12(18)14(13)15(11)19;16-10-3-1-9(2-4-10)13-8-19-14-7-11(17)5-6-12(14)15(13)18;16-13-4-1-10(2-5-13)12-7-11-3-6-14(17)8-15(11)18-9-12/h1-7,16-18H;1-8,16-17H;1-6,8,12,16-17H,7,9H2/t;;12-/m..1/s1. The zero-order valence-electron chi connectivity index (χ0n) is 29.9. The molecule has 8 aromatic rings. The number of aromatic hydroxyl groups is 7. The van der Waals surface area contributed by atoms with Gasteiger partial charge in [-0.15, -0.1) is 0 Å². The van der Waals surface area contributed by atoms with Crippen LogP contribution in [0.1, 0.15) is 17.0 Å². The van der Waals surface area contributed by atoms with E-state index in [-0.39, 0.29) is 62.2 Å². The number of phenolic OH excluding ortho intramolecular Hbond substituents is 7. The monoisotopic (exact) mass is 766 g/mol. The highest BCUT2D eigenvalue weighted by Gasteiger charge is 2.22. The number of hydrogen-bond acceptors (Lipinski definition) is 12. The Balaban J connectivity index is 0.000000131. The summed E-state index contributed by atoms with van der Waals surface area (Å²) in [6.07, 6.45) is 3.51. The molecule has 1 aliphatic heterocycles. The Morgan fingerprint density at radius 3 is 1.63 bits per heavy atom. The smallest absolute Gasteiger partial charge is 0.204 e. The number of benzene rings is 6. The van der Waals surface area contributed by atoms with Crippen LogP contribution in [0.2, 0.25) is 0 Å². The van der Waals surface area contributed by atoms with Crippen LogP contribution in [0.15, 0.2) is 152 Å². The minimum absolute atomic E-state index is 0.00775. The maximum Gasteiger partial charge on any atom is 0.204 e. The summed E-state index contributed by atoms with van der Waals surface area (Å²) in [6.45, 7) is 0.598. The van der Waals surface area contributed by atoms with Gasteiger partial charge in [0.25, 0.3) is 0 Å². The van der Waals surface area contributed by atoms with Gasteiger partial charge >= 0.3 is 0 Å². The molecule has 0 spiro atoms. The minimum Gasteiger partial charge on any atom is -0.508 e. The fourth-order valence-electron chi connectivity index (χ4n) is 6.34. The lowest BCUT2D eigenvalue weighted by Crippen LogP contribution is -2.18. The van der Waals surface area contributed by atoms with Crippen LogP contribution in [0.4, 0.5) is 0 Å². The van der Waals surface area contributed by atoms with Gasteiger partial charge in [-0.2, -0.15) is 0 Å². The van der Waals surface area contributed by atoms with E-state index in [1.165, 1.54) is 61.1 Å². The number of fused-ring (bicyclic) bond motifs is 3. The number of rotatable bonds is 3. The summed E-state index contributed by atoms with van der Waals surface area (Å²) in [5, 5.41) is 66.1. The van der Waals surface area contributed by atoms with Crippen molar-refractivity contribution in [2.45, 2.75) is 12.3 Å². The van der Waals surface area contributed by atoms with E-state index in [0.29, 0.717) is 40.2 Å². The molecule has 0 saturated carbocycles. The van der Waals surface area contributed by atoms with E-state index in [0.717, 1.165) is 29.4 Å². The van der Waals surface area contributed by atoms with Crippen LogP contribution < -0.4 is 15.6 Å². The molecule has 9 rings (SSSR count). The predicted octanol–water partition coefficient (Wildman–Crippen LogP) is 8.26. The van der Waals surface area contributed by atoms with Gasteiger partial charge in [-0.05, 0) is 83.3 Å². The molecular weight excluding hydrogens is 732 g/mol. The van der Waals surface area contributed by atoms with E-state index in [1.54, 1.807) is 48.5 Å². The van der Waals surface area contributed by atoms with E-state index < -0.39 is 5.43 Å². The lowest BCUT2D eigenvalue weighted by Gasteiger charge is -2.25. The molecule has 3 heterocycles. The summed E-state index contributed by atoms with van der Waals surface area (Å²) >= 11 is 0. The molecule has 0 radical (unpaired) electrons. The highest BCUT2D eigenvalue weighted by molar-refractivity contribution is 5.88. The average Bonchev–Trinajstić information content (AvgIpc) is 3.19. The van der Waals surface area contributed by atoms with Gasteiger partial charge in [-0.25, -0.2) is 0 Å². The molecule has 0 fully saturated rings. The predicted molar refractivity (Wildman–Crippen MR) is 212 cm³/mol. The normalized spacial score (nSPS) is 13.0. The Morgan fingerprint density at radius 1 is 0.491 bits per heavy atom. The highest BCUT2D eigenvalue weighted by atomic mass is 16.5. The third-order valence-electron chi connectivity index (χ3n) is 9.28. The SMILES string of the molecule is O=c1c(-c2ccc(O)cc2)coc2cc(O)cc(O)c12.O=c1c(-c2ccc(O)cc2)coc2cc(O)ccc12.Oc1ccc([C@H]2COc3cc(O)ccc3C2)cc1. The molecule has 6 aromatic carbocycles. The van der Waals surface area contributed by atoms with Gasteiger partial charge in [0.2, 0.25) is 5.43 Å². The van der Waals surface area contributed by atoms with Crippen molar-refractivity contribution in [2.24, 2.45) is 0 Å². The molecule has 7 N–H and O–H groups in total. The van der Waals surface area contributed by atoms with Gasteiger partial charge in [0, 0.05) is 30.2 Å². The van der Waals surface area contributed by atoms with Crippen molar-refractivity contribution >= 4 is 21.9 Å². The first-order chi connectivity index (χ1) is 27.4. The van der Waals surface area contributed by atoms with Gasteiger partial charge in [-0.3, -0.25) is 9.59 Å². The largest absolute Gasteiger partial charge is 0.508 e. The number of ether oxygens (including phenoxy) is 1. The Labute approximate surface area is 323 Å². The van der Waals surface area contributed by atoms with Crippen LogP contribution in [-0.4, -0.2) is 42.4 Å². The molecule has 57 heavy (non-hydrogen) atoms. The first kappa shape index (κ1) is 37.5. The second kappa shape index (κ2) is 15.9. The Kier molecular flexibility index (Phi) is 10.4. The molecule has 286 valence electrons. The van der Waals surface area contributed by atoms with Crippen molar-refractivity contribution < 1.29 is 49.3 Å². The van der Waals surface area contributed by atoms with Gasteiger partial charge in [0.05, 0.1) is 23.1 Å². The molecule has 1 aliphatic rings. The third kappa shape index (κ3) is 8.30. The third-order valence-corrected chi connectivity index (χ3v) is 9.28. The zero-order chi connectivity index (χ0) is 40.2. The average molecular weight is 767 g/mol. The second-order valence-corrected chi connectivity index (χ2v) is 13.2. The van der Waals surface area contributed by atoms with E-state index >= 15 is 0 Å². The molecule has 0 aliphatic carbocycles. The Hall–Kier alpha value is -7.86. The summed E-state index contributed by atoms with van der Waals surface area (Å²) in [4.78, 5) is 24.7. The van der Waals surface area contributed by atoms with Crippen molar-refractivity contribution in [1.29, 1.82) is 0 Å². The van der Waals surface area contributed by atoms with E-state index in [1.807, 2.05) is 18.2 Å². The van der Waals surface area contributed by atoms with Crippen molar-refractivity contribution in [3.8, 4) is 68.2 Å². The maximum atomic E-state index is 12.4. The Bertz CT molecular complexity index is 2820. The summed E-state index contributed by atoms with van der Waals surface area (Å²) in [7, 11) is 0. The van der Waals surface area contributed by atoms with Crippen molar-refractivity contribution in [2.75, 3.05) is 6.61 Å². The van der Waals surface area contributed by atoms with Gasteiger partial charge in [0.15, 0.2) is 5.43 Å². The van der Waals surface area contributed by atoms with Crippen molar-refractivity contribution in [3.05, 3.63) is 165 Å². The fraction of sp³-hybridized carbons (Fsp3) is 0.0667. The summed E-state index contributed by atoms with van der Waals surface area (Å²) < 4.78 is 16.3. The van der Waals surface area contributed by atoms with Crippen LogP contribution in [0.3, 0.4) is 0 Å². The first-order valence-electron chi connectivity index (χ1n) is 17.5. The van der Waals surface area contributed by atoms with Crippen LogP contribution in [0, 0.1) is 0 Å². The molecule has 0 amide bonds. The molecule has 0 saturated heterocycles. The fourth-order valence-corrected chi connectivity index (χ4v) is 6.34. The van der Waals surface area contributed by atoms with Crippen LogP contribution in [-0.2, 0) is 6.42 Å². The van der Waals surface area contributed by atoms with E-state index in [4.69, 9.17) is 13.6 Å². The maximum absolute atomic E-state index is 12.4. The van der Waals surface area contributed by atoms with Gasteiger partial charge < -0.3 is 49.3 Å². The quantitative estimate of drug-likeness (QED) is 0.0906. The Morgan fingerprint density at radius 2 is 1.00 bits per heavy atom. The van der Waals surface area contributed by atoms with Crippen molar-refractivity contribution in [3.63, 3.8) is 0 Å². The van der Waals surface area contributed by atoms with E-state index in [9.17, 15) is 45.3 Å². The molecular formula is C45H34O12. The lowest BCUT2D eigenvalue weighted by molar-refractivity contribution is 0.261. The number of hydrogen-bond donors (Lipinski definition) is 7. The first-order valence-corrected chi connectivity index (χ1v) is 17.5. The summed E-state index contributed by atoms with van der Waals surface area (Å²) in [6, 6.07) is 31.6. The van der Waals surface area contributed by atoms with Gasteiger partial charge in [0.1, 0.15) is 75.1 Å². The topological polar surface area (TPSA) is 211 Å². The molecule has 1 atom stereocenters. The molecule has 2 aromatic heterocycles. The lowest BCUT2D eigenvalue weighted by atomic mass is 9.90. The van der Waals surface area contributed by atoms with Crippen molar-refractivity contribution in [1.82, 2.24) is 0 Å². The molecule has 12 heteroatoms. The minimum atomic E-state index is -0.408.